The number of carbonyl (C=O) groups excluding carboxylic acids is 1. The first kappa shape index (κ1) is 28.6. The van der Waals surface area contributed by atoms with Crippen LogP contribution < -0.4 is 15.8 Å². The number of aromatic nitrogens is 4. The molecular weight excluding hydrogens is 521 g/mol. The third-order valence-electron chi connectivity index (χ3n) is 6.94. The van der Waals surface area contributed by atoms with Crippen molar-refractivity contribution in [2.45, 2.75) is 59.5 Å². The molecule has 3 N–H and O–H groups in total. The minimum Gasteiger partial charge on any atom is -0.462 e. The molecule has 11 nitrogen and oxygen atoms in total. The maximum absolute atomic E-state index is 14.0. The lowest BCUT2D eigenvalue weighted by molar-refractivity contribution is -0.152. The molecule has 2 aromatic heterocycles. The van der Waals surface area contributed by atoms with Crippen molar-refractivity contribution in [3.05, 3.63) is 52.6 Å². The van der Waals surface area contributed by atoms with Gasteiger partial charge in [-0.05, 0) is 43.9 Å². The number of aromatic amines is 1. The quantitative estimate of drug-likeness (QED) is 0.218. The number of nitrogens with two attached hydrogens (primary N) is 1. The Kier molecular flexibility index (Phi) is 8.61. The average Bonchev–Trinajstić information content (AvgIpc) is 3.43. The van der Waals surface area contributed by atoms with Crippen molar-refractivity contribution >= 4 is 36.9 Å². The molecule has 1 fully saturated rings. The molecular formula is C27H36N5O6P. The number of nitrogens with zero attached hydrogens (tertiary/aromatic N) is 3. The summed E-state index contributed by atoms with van der Waals surface area (Å²) in [6, 6.07) is 8.79. The molecule has 0 unspecified atom stereocenters. The van der Waals surface area contributed by atoms with Crippen LogP contribution in [0.3, 0.4) is 0 Å². The molecule has 0 aliphatic heterocycles. The molecule has 0 bridgehead atoms. The van der Waals surface area contributed by atoms with Crippen LogP contribution in [0.15, 0.2) is 47.0 Å². The second-order valence-corrected chi connectivity index (χ2v) is 12.2. The van der Waals surface area contributed by atoms with Gasteiger partial charge in [0.2, 0.25) is 5.95 Å². The molecule has 1 aromatic carbocycles. The van der Waals surface area contributed by atoms with E-state index in [-0.39, 0.29) is 35.8 Å². The summed E-state index contributed by atoms with van der Waals surface area (Å²) >= 11 is 0. The van der Waals surface area contributed by atoms with Crippen LogP contribution in [0, 0.1) is 11.3 Å². The molecule has 0 amide bonds. The van der Waals surface area contributed by atoms with Crippen molar-refractivity contribution in [3.63, 3.8) is 0 Å². The summed E-state index contributed by atoms with van der Waals surface area (Å²) in [6.45, 7) is 7.70. The molecule has 39 heavy (non-hydrogen) atoms. The molecule has 4 atom stereocenters. The summed E-state index contributed by atoms with van der Waals surface area (Å²) in [5, 5.41) is 0. The van der Waals surface area contributed by atoms with E-state index < -0.39 is 25.0 Å². The summed E-state index contributed by atoms with van der Waals surface area (Å²) in [5.74, 6) is -0.708. The number of esters is 1. The summed E-state index contributed by atoms with van der Waals surface area (Å²) < 4.78 is 33.2. The standard InChI is InChI=1S/C27H36N5O6P/c1-5-10-19(4)37-25(34)18(3)15-39(35,38-21-11-8-7-9-12-21)36-16-27(6-2)13-20(27)14-32-17-29-22-23(32)30-26(28)31-24(22)33/h7-9,11-12,14,17-19H,5-6,10,13,15-16H2,1-4H3,(H3,28,30,31,33)/b20-14-/t18-,19+,27+,39+/m1/s1. The number of nitrogens with one attached hydrogen (secondary N) is 1. The fourth-order valence-corrected chi connectivity index (χ4v) is 6.42. The van der Waals surface area contributed by atoms with Gasteiger partial charge in [0, 0.05) is 11.6 Å². The highest BCUT2D eigenvalue weighted by molar-refractivity contribution is 7.54. The van der Waals surface area contributed by atoms with Gasteiger partial charge in [0.1, 0.15) is 12.1 Å². The van der Waals surface area contributed by atoms with Gasteiger partial charge >= 0.3 is 13.6 Å². The van der Waals surface area contributed by atoms with Crippen LogP contribution in [-0.2, 0) is 18.6 Å². The van der Waals surface area contributed by atoms with E-state index in [2.05, 4.69) is 15.0 Å². The van der Waals surface area contributed by atoms with E-state index in [9.17, 15) is 14.2 Å². The molecule has 1 aliphatic rings. The van der Waals surface area contributed by atoms with Crippen molar-refractivity contribution < 1.29 is 23.1 Å². The van der Waals surface area contributed by atoms with Crippen LogP contribution >= 0.6 is 7.60 Å². The van der Waals surface area contributed by atoms with Crippen LogP contribution in [0.1, 0.15) is 53.4 Å². The molecule has 1 aliphatic carbocycles. The highest BCUT2D eigenvalue weighted by Crippen LogP contribution is 2.59. The second kappa shape index (κ2) is 11.8. The number of carbonyl (C=O) groups is 1. The van der Waals surface area contributed by atoms with Gasteiger partial charge in [-0.1, -0.05) is 45.4 Å². The number of anilines is 1. The Hall–Kier alpha value is -3.43. The third-order valence-corrected chi connectivity index (χ3v) is 8.95. The van der Waals surface area contributed by atoms with Crippen molar-refractivity contribution in [3.8, 4) is 5.75 Å². The monoisotopic (exact) mass is 557 g/mol. The Morgan fingerprint density at radius 2 is 2.03 bits per heavy atom. The SMILES string of the molecule is CCC[C@H](C)OC(=O)[C@H](C)C[P@](=O)(OC[C@]1(CC)C/C1=C/n1cnc2c(=O)[nH]c(N)nc21)Oc1ccccc1. The van der Waals surface area contributed by atoms with E-state index in [1.54, 1.807) is 35.8 Å². The maximum atomic E-state index is 14.0. The lowest BCUT2D eigenvalue weighted by atomic mass is 10.0. The predicted octanol–water partition coefficient (Wildman–Crippen LogP) is 5.00. The zero-order valence-corrected chi connectivity index (χ0v) is 23.6. The number of ether oxygens (including phenoxy) is 1. The lowest BCUT2D eigenvalue weighted by Gasteiger charge is -2.24. The Morgan fingerprint density at radius 1 is 1.28 bits per heavy atom. The minimum absolute atomic E-state index is 0.00395. The van der Waals surface area contributed by atoms with Gasteiger partial charge in [0.25, 0.3) is 5.56 Å². The number of hydrogen-bond acceptors (Lipinski definition) is 9. The number of hydrogen-bond donors (Lipinski definition) is 2. The van der Waals surface area contributed by atoms with E-state index >= 15 is 0 Å². The molecule has 2 heterocycles. The molecule has 0 saturated heterocycles. The van der Waals surface area contributed by atoms with E-state index in [0.717, 1.165) is 24.8 Å². The van der Waals surface area contributed by atoms with Gasteiger partial charge in [0.15, 0.2) is 11.2 Å². The first-order chi connectivity index (χ1) is 18.6. The molecule has 0 spiro atoms. The van der Waals surface area contributed by atoms with Gasteiger partial charge in [0.05, 0.1) is 24.8 Å². The Balaban J connectivity index is 1.52. The lowest BCUT2D eigenvalue weighted by Crippen LogP contribution is -2.25. The first-order valence-corrected chi connectivity index (χ1v) is 14.9. The molecule has 4 rings (SSSR count). The topological polar surface area (TPSA) is 151 Å². The average molecular weight is 558 g/mol. The van der Waals surface area contributed by atoms with Crippen LogP contribution in [0.5, 0.6) is 5.75 Å². The number of H-pyrrole nitrogens is 1. The number of benzene rings is 1. The highest BCUT2D eigenvalue weighted by atomic mass is 31.2. The number of rotatable bonds is 13. The van der Waals surface area contributed by atoms with E-state index in [1.807, 2.05) is 33.0 Å². The smallest absolute Gasteiger partial charge is 0.380 e. The van der Waals surface area contributed by atoms with Crippen molar-refractivity contribution in [2.75, 3.05) is 18.5 Å². The summed E-state index contributed by atoms with van der Waals surface area (Å²) in [7, 11) is -3.75. The predicted molar refractivity (Wildman–Crippen MR) is 149 cm³/mol. The zero-order chi connectivity index (χ0) is 28.2. The largest absolute Gasteiger partial charge is 0.462 e. The Bertz CT molecular complexity index is 1450. The molecule has 12 heteroatoms. The first-order valence-electron chi connectivity index (χ1n) is 13.2. The van der Waals surface area contributed by atoms with Crippen LogP contribution in [0.4, 0.5) is 5.95 Å². The second-order valence-electron chi connectivity index (χ2n) is 10.1. The van der Waals surface area contributed by atoms with Gasteiger partial charge in [-0.3, -0.25) is 23.7 Å². The molecule has 210 valence electrons. The van der Waals surface area contributed by atoms with Gasteiger partial charge in [-0.25, -0.2) is 9.55 Å². The Labute approximate surface area is 227 Å². The van der Waals surface area contributed by atoms with E-state index in [1.165, 1.54) is 6.33 Å². The fourth-order valence-electron chi connectivity index (χ4n) is 4.48. The van der Waals surface area contributed by atoms with Crippen LogP contribution in [-0.4, -0.2) is 44.4 Å². The number of fused-ring (bicyclic) bond motifs is 1. The zero-order valence-electron chi connectivity index (χ0n) is 22.8. The fraction of sp³-hybridized carbons (Fsp3) is 0.481. The van der Waals surface area contributed by atoms with Crippen molar-refractivity contribution in [1.82, 2.24) is 19.5 Å². The summed E-state index contributed by atoms with van der Waals surface area (Å²) in [5.41, 5.74) is 6.49. The number of imidazole rings is 1. The van der Waals surface area contributed by atoms with E-state index in [0.29, 0.717) is 17.8 Å². The number of nitrogen functional groups attached to an aromatic ring is 1. The van der Waals surface area contributed by atoms with Crippen molar-refractivity contribution in [2.24, 2.45) is 11.3 Å². The van der Waals surface area contributed by atoms with Crippen LogP contribution in [0.25, 0.3) is 17.4 Å². The molecule has 0 radical (unpaired) electrons. The van der Waals surface area contributed by atoms with Crippen molar-refractivity contribution in [1.29, 1.82) is 0 Å². The van der Waals surface area contributed by atoms with Gasteiger partial charge < -0.3 is 15.0 Å². The maximum Gasteiger partial charge on any atom is 0.380 e. The third kappa shape index (κ3) is 6.78. The Morgan fingerprint density at radius 3 is 2.72 bits per heavy atom. The molecule has 3 aromatic rings. The van der Waals surface area contributed by atoms with Gasteiger partial charge in [-0.15, -0.1) is 0 Å². The summed E-state index contributed by atoms with van der Waals surface area (Å²) in [6.07, 6.45) is 6.09. The molecule has 1 saturated carbocycles. The van der Waals surface area contributed by atoms with Crippen LogP contribution in [0.2, 0.25) is 0 Å². The number of para-hydroxylation sites is 1. The summed E-state index contributed by atoms with van der Waals surface area (Å²) in [4.78, 5) is 35.6. The minimum atomic E-state index is -3.75. The highest BCUT2D eigenvalue weighted by Gasteiger charge is 2.49. The van der Waals surface area contributed by atoms with Gasteiger partial charge in [-0.2, -0.15) is 4.98 Å². The normalized spacial score (nSPS) is 20.9. The van der Waals surface area contributed by atoms with E-state index in [4.69, 9.17) is 19.5 Å².